The molecular weight excluding hydrogens is 250 g/mol. The van der Waals surface area contributed by atoms with Crippen molar-refractivity contribution >= 4 is 0 Å². The molecule has 3 rings (SSSR count). The predicted molar refractivity (Wildman–Crippen MR) is 79.3 cm³/mol. The molecule has 2 fully saturated rings. The second-order valence-electron chi connectivity index (χ2n) is 6.62. The fourth-order valence-electron chi connectivity index (χ4n) is 3.18. The Morgan fingerprint density at radius 2 is 2.15 bits per heavy atom. The van der Waals surface area contributed by atoms with E-state index in [0.717, 1.165) is 43.3 Å². The molecule has 5 heteroatoms. The molecule has 1 unspecified atom stereocenters. The normalized spacial score (nSPS) is 23.9. The van der Waals surface area contributed by atoms with Crippen LogP contribution in [0.25, 0.3) is 0 Å². The van der Waals surface area contributed by atoms with Crippen LogP contribution in [0.5, 0.6) is 0 Å². The van der Waals surface area contributed by atoms with Crippen molar-refractivity contribution in [3.05, 3.63) is 11.9 Å². The minimum Gasteiger partial charge on any atom is -0.308 e. The highest BCUT2D eigenvalue weighted by Crippen LogP contribution is 2.23. The molecule has 0 spiro atoms. The van der Waals surface area contributed by atoms with Gasteiger partial charge in [0, 0.05) is 31.4 Å². The van der Waals surface area contributed by atoms with Crippen LogP contribution in [-0.4, -0.2) is 45.1 Å². The van der Waals surface area contributed by atoms with Gasteiger partial charge in [0.15, 0.2) is 0 Å². The molecule has 1 aliphatic heterocycles. The number of hydrogen-bond donors (Lipinski definition) is 1. The van der Waals surface area contributed by atoms with Crippen LogP contribution >= 0.6 is 0 Å². The lowest BCUT2D eigenvalue weighted by atomic mass is 10.0. The van der Waals surface area contributed by atoms with Gasteiger partial charge in [0.25, 0.3) is 0 Å². The third kappa shape index (κ3) is 3.58. The number of rotatable bonds is 7. The van der Waals surface area contributed by atoms with Crippen LogP contribution in [-0.2, 0) is 13.1 Å². The highest BCUT2D eigenvalue weighted by atomic mass is 15.4. The molecule has 0 amide bonds. The van der Waals surface area contributed by atoms with Gasteiger partial charge in [-0.05, 0) is 38.1 Å². The maximum Gasteiger partial charge on any atom is 0.0964 e. The summed E-state index contributed by atoms with van der Waals surface area (Å²) in [4.78, 5) is 2.62. The molecule has 112 valence electrons. The van der Waals surface area contributed by atoms with Crippen molar-refractivity contribution in [2.24, 2.45) is 5.92 Å². The molecule has 1 saturated heterocycles. The van der Waals surface area contributed by atoms with Crippen LogP contribution in [0.1, 0.15) is 45.2 Å². The van der Waals surface area contributed by atoms with E-state index in [1.54, 1.807) is 0 Å². The molecule has 0 radical (unpaired) electrons. The smallest absolute Gasteiger partial charge is 0.0964 e. The highest BCUT2D eigenvalue weighted by Gasteiger charge is 2.26. The van der Waals surface area contributed by atoms with E-state index in [1.807, 2.05) is 4.68 Å². The Kier molecular flexibility index (Phi) is 4.36. The topological polar surface area (TPSA) is 46.0 Å². The Labute approximate surface area is 121 Å². The number of nitrogens with one attached hydrogen (secondary N) is 1. The zero-order valence-electron chi connectivity index (χ0n) is 12.8. The van der Waals surface area contributed by atoms with Gasteiger partial charge >= 0.3 is 0 Å². The minimum absolute atomic E-state index is 0.733. The summed E-state index contributed by atoms with van der Waals surface area (Å²) in [6.45, 7) is 8.83. The van der Waals surface area contributed by atoms with Crippen molar-refractivity contribution in [2.45, 2.75) is 64.7 Å². The number of nitrogens with zero attached hydrogens (tertiary/aromatic N) is 4. The summed E-state index contributed by atoms with van der Waals surface area (Å²) in [5, 5.41) is 12.0. The summed E-state index contributed by atoms with van der Waals surface area (Å²) in [5.74, 6) is 0.756. The summed E-state index contributed by atoms with van der Waals surface area (Å²) in [7, 11) is 0. The third-order valence-corrected chi connectivity index (χ3v) is 4.54. The predicted octanol–water partition coefficient (Wildman–Crippen LogP) is 1.65. The number of likely N-dealkylation sites (tertiary alicyclic amines) is 1. The summed E-state index contributed by atoms with van der Waals surface area (Å²) >= 11 is 0. The van der Waals surface area contributed by atoms with Gasteiger partial charge in [-0.1, -0.05) is 19.1 Å². The van der Waals surface area contributed by atoms with E-state index in [2.05, 4.69) is 40.6 Å². The van der Waals surface area contributed by atoms with Gasteiger partial charge in [0.1, 0.15) is 0 Å². The molecule has 1 aromatic heterocycles. The summed E-state index contributed by atoms with van der Waals surface area (Å²) < 4.78 is 2.00. The van der Waals surface area contributed by atoms with E-state index >= 15 is 0 Å². The number of hydrogen-bond acceptors (Lipinski definition) is 4. The van der Waals surface area contributed by atoms with Crippen molar-refractivity contribution in [3.63, 3.8) is 0 Å². The first-order valence-electron chi connectivity index (χ1n) is 8.09. The second-order valence-corrected chi connectivity index (χ2v) is 6.62. The van der Waals surface area contributed by atoms with Crippen molar-refractivity contribution in [1.82, 2.24) is 25.2 Å². The largest absolute Gasteiger partial charge is 0.308 e. The first-order valence-corrected chi connectivity index (χ1v) is 8.09. The Morgan fingerprint density at radius 1 is 1.30 bits per heavy atom. The highest BCUT2D eigenvalue weighted by molar-refractivity contribution is 4.94. The fourth-order valence-corrected chi connectivity index (χ4v) is 3.18. The van der Waals surface area contributed by atoms with Crippen molar-refractivity contribution in [2.75, 3.05) is 13.1 Å². The zero-order chi connectivity index (χ0) is 13.9. The Bertz CT molecular complexity index is 424. The van der Waals surface area contributed by atoms with Crippen LogP contribution in [0.3, 0.4) is 0 Å². The van der Waals surface area contributed by atoms with Gasteiger partial charge in [-0.2, -0.15) is 0 Å². The third-order valence-electron chi connectivity index (χ3n) is 4.54. The van der Waals surface area contributed by atoms with Crippen molar-refractivity contribution in [1.29, 1.82) is 0 Å². The van der Waals surface area contributed by atoms with Crippen LogP contribution in [0.2, 0.25) is 0 Å². The fraction of sp³-hybridized carbons (Fsp3) is 0.867. The van der Waals surface area contributed by atoms with Gasteiger partial charge < -0.3 is 5.32 Å². The molecular formula is C15H27N5. The van der Waals surface area contributed by atoms with Crippen molar-refractivity contribution < 1.29 is 0 Å². The second kappa shape index (κ2) is 6.22. The van der Waals surface area contributed by atoms with Crippen LogP contribution in [0.15, 0.2) is 6.20 Å². The van der Waals surface area contributed by atoms with E-state index in [9.17, 15) is 0 Å². The van der Waals surface area contributed by atoms with Crippen LogP contribution in [0, 0.1) is 5.92 Å². The van der Waals surface area contributed by atoms with Crippen molar-refractivity contribution in [3.8, 4) is 0 Å². The average Bonchev–Trinajstić information content (AvgIpc) is 2.96. The molecule has 1 aromatic rings. The quantitative estimate of drug-likeness (QED) is 0.823. The molecule has 1 aliphatic carbocycles. The zero-order valence-corrected chi connectivity index (χ0v) is 12.8. The molecule has 0 aromatic carbocycles. The van der Waals surface area contributed by atoms with E-state index in [-0.39, 0.29) is 0 Å². The Morgan fingerprint density at radius 3 is 2.90 bits per heavy atom. The van der Waals surface area contributed by atoms with Crippen LogP contribution in [0.4, 0.5) is 0 Å². The Balaban J connectivity index is 1.45. The average molecular weight is 277 g/mol. The molecule has 0 bridgehead atoms. The van der Waals surface area contributed by atoms with E-state index < -0.39 is 0 Å². The van der Waals surface area contributed by atoms with E-state index in [4.69, 9.17) is 0 Å². The maximum atomic E-state index is 4.25. The monoisotopic (exact) mass is 277 g/mol. The first-order chi connectivity index (χ1) is 9.72. The SMILES string of the molecule is CC(C)C1CCCN1CCn1cc(CNC2CC2)nn1. The van der Waals surface area contributed by atoms with Gasteiger partial charge in [-0.3, -0.25) is 9.58 Å². The summed E-state index contributed by atoms with van der Waals surface area (Å²) in [6, 6.07) is 1.49. The maximum absolute atomic E-state index is 4.25. The van der Waals surface area contributed by atoms with Crippen LogP contribution < -0.4 is 5.32 Å². The van der Waals surface area contributed by atoms with Gasteiger partial charge in [0.2, 0.25) is 0 Å². The molecule has 2 heterocycles. The first kappa shape index (κ1) is 14.0. The molecule has 1 N–H and O–H groups in total. The van der Waals surface area contributed by atoms with Gasteiger partial charge in [-0.15, -0.1) is 5.10 Å². The van der Waals surface area contributed by atoms with E-state index in [0.29, 0.717) is 0 Å². The molecule has 1 saturated carbocycles. The molecule has 5 nitrogen and oxygen atoms in total. The lowest BCUT2D eigenvalue weighted by Gasteiger charge is -2.27. The summed E-state index contributed by atoms with van der Waals surface area (Å²) in [6.07, 6.45) is 7.43. The minimum atomic E-state index is 0.733. The lowest BCUT2D eigenvalue weighted by Crippen LogP contribution is -2.35. The summed E-state index contributed by atoms with van der Waals surface area (Å²) in [5.41, 5.74) is 1.07. The lowest BCUT2D eigenvalue weighted by molar-refractivity contribution is 0.197. The molecule has 20 heavy (non-hydrogen) atoms. The number of aromatic nitrogens is 3. The standard InChI is InChI=1S/C15H27N5/c1-12(2)15-4-3-7-19(15)8-9-20-11-14(17-18-20)10-16-13-5-6-13/h11-13,15-16H,3-10H2,1-2H3. The molecule has 1 atom stereocenters. The van der Waals surface area contributed by atoms with Gasteiger partial charge in [0.05, 0.1) is 12.2 Å². The Hall–Kier alpha value is -0.940. The molecule has 2 aliphatic rings. The van der Waals surface area contributed by atoms with Gasteiger partial charge in [-0.25, -0.2) is 0 Å². The van der Waals surface area contributed by atoms with E-state index in [1.165, 1.54) is 32.2 Å².